The Balaban J connectivity index is 2.10. The molecule has 0 spiro atoms. The lowest BCUT2D eigenvalue weighted by Gasteiger charge is -2.05. The number of nitrogens with one attached hydrogen (secondary N) is 2. The monoisotopic (exact) mass is 265 g/mol. The van der Waals surface area contributed by atoms with Crippen molar-refractivity contribution in [2.75, 3.05) is 20.3 Å². The van der Waals surface area contributed by atoms with Gasteiger partial charge in [0.05, 0.1) is 12.3 Å². The summed E-state index contributed by atoms with van der Waals surface area (Å²) < 4.78 is 4.94. The molecule has 0 unspecified atom stereocenters. The summed E-state index contributed by atoms with van der Waals surface area (Å²) in [5, 5.41) is 7.08. The Morgan fingerprint density at radius 3 is 3.17 bits per heavy atom. The van der Waals surface area contributed by atoms with Crippen molar-refractivity contribution in [3.63, 3.8) is 0 Å². The second-order valence-electron chi connectivity index (χ2n) is 3.77. The Morgan fingerprint density at radius 2 is 2.44 bits per heavy atom. The summed E-state index contributed by atoms with van der Waals surface area (Å²) in [7, 11) is 1.65. The highest BCUT2D eigenvalue weighted by atomic mass is 32.1. The highest BCUT2D eigenvalue weighted by molar-refractivity contribution is 7.08. The minimum atomic E-state index is -0.130. The zero-order chi connectivity index (χ0) is 12.8. The van der Waals surface area contributed by atoms with Crippen LogP contribution < -0.4 is 10.9 Å². The van der Waals surface area contributed by atoms with Crippen LogP contribution in [0.5, 0.6) is 0 Å². The van der Waals surface area contributed by atoms with Crippen LogP contribution >= 0.6 is 11.3 Å². The number of ether oxygens (including phenoxy) is 1. The molecule has 2 heterocycles. The molecule has 0 radical (unpaired) electrons. The van der Waals surface area contributed by atoms with Gasteiger partial charge in [0, 0.05) is 37.2 Å². The molecule has 0 aliphatic rings. The van der Waals surface area contributed by atoms with Gasteiger partial charge in [-0.25, -0.2) is 4.98 Å². The Bertz CT molecular complexity index is 537. The van der Waals surface area contributed by atoms with Gasteiger partial charge in [0.2, 0.25) is 0 Å². The van der Waals surface area contributed by atoms with Crippen molar-refractivity contribution in [2.24, 2.45) is 0 Å². The van der Waals surface area contributed by atoms with Gasteiger partial charge in [-0.15, -0.1) is 0 Å². The number of H-pyrrole nitrogens is 1. The van der Waals surface area contributed by atoms with E-state index in [1.165, 1.54) is 6.07 Å². The molecule has 0 fully saturated rings. The van der Waals surface area contributed by atoms with E-state index in [4.69, 9.17) is 4.74 Å². The number of aromatic nitrogens is 2. The van der Waals surface area contributed by atoms with Crippen LogP contribution in [0.2, 0.25) is 0 Å². The van der Waals surface area contributed by atoms with E-state index in [2.05, 4.69) is 15.3 Å². The van der Waals surface area contributed by atoms with Crippen molar-refractivity contribution in [3.8, 4) is 11.4 Å². The fraction of sp³-hybridized carbons (Fsp3) is 0.333. The number of nitrogens with zero attached hydrogens (tertiary/aromatic N) is 1. The average Bonchev–Trinajstić information content (AvgIpc) is 2.88. The van der Waals surface area contributed by atoms with Crippen molar-refractivity contribution >= 4 is 11.3 Å². The molecule has 2 rings (SSSR count). The minimum absolute atomic E-state index is 0.130. The zero-order valence-electron chi connectivity index (χ0n) is 10.1. The van der Waals surface area contributed by atoms with E-state index in [1.807, 2.05) is 16.8 Å². The minimum Gasteiger partial charge on any atom is -0.383 e. The van der Waals surface area contributed by atoms with Crippen molar-refractivity contribution < 1.29 is 4.74 Å². The quantitative estimate of drug-likeness (QED) is 0.771. The molecule has 6 heteroatoms. The molecule has 0 bridgehead atoms. The van der Waals surface area contributed by atoms with Crippen molar-refractivity contribution in [2.45, 2.75) is 6.54 Å². The van der Waals surface area contributed by atoms with E-state index in [-0.39, 0.29) is 5.56 Å². The number of rotatable bonds is 6. The molecular weight excluding hydrogens is 250 g/mol. The lowest BCUT2D eigenvalue weighted by molar-refractivity contribution is 0.199. The zero-order valence-corrected chi connectivity index (χ0v) is 10.9. The molecule has 2 aromatic heterocycles. The summed E-state index contributed by atoms with van der Waals surface area (Å²) in [5.41, 5.74) is 1.54. The molecule has 0 aliphatic heterocycles. The normalized spacial score (nSPS) is 10.7. The van der Waals surface area contributed by atoms with E-state index in [9.17, 15) is 4.79 Å². The highest BCUT2D eigenvalue weighted by Gasteiger charge is 2.04. The van der Waals surface area contributed by atoms with E-state index in [0.29, 0.717) is 19.0 Å². The summed E-state index contributed by atoms with van der Waals surface area (Å²) in [6.07, 6.45) is 0. The van der Waals surface area contributed by atoms with E-state index < -0.39 is 0 Å². The number of thiophene rings is 1. The Morgan fingerprint density at radius 1 is 1.56 bits per heavy atom. The second-order valence-corrected chi connectivity index (χ2v) is 4.55. The molecule has 96 valence electrons. The molecule has 0 aromatic carbocycles. The molecule has 0 atom stereocenters. The predicted octanol–water partition coefficient (Wildman–Crippen LogP) is 1.23. The number of aromatic amines is 1. The molecule has 0 aliphatic carbocycles. The molecule has 2 aromatic rings. The maximum Gasteiger partial charge on any atom is 0.251 e. The van der Waals surface area contributed by atoms with Crippen LogP contribution in [0.3, 0.4) is 0 Å². The third-order valence-electron chi connectivity index (χ3n) is 2.38. The van der Waals surface area contributed by atoms with Gasteiger partial charge < -0.3 is 15.0 Å². The topological polar surface area (TPSA) is 67.0 Å². The maximum absolute atomic E-state index is 11.6. The molecule has 2 N–H and O–H groups in total. The van der Waals surface area contributed by atoms with Gasteiger partial charge in [-0.3, -0.25) is 4.79 Å². The first-order chi connectivity index (χ1) is 8.79. The van der Waals surface area contributed by atoms with Gasteiger partial charge in [-0.05, 0) is 11.4 Å². The second kappa shape index (κ2) is 6.44. The van der Waals surface area contributed by atoms with Crippen LogP contribution in [0.15, 0.2) is 27.7 Å². The van der Waals surface area contributed by atoms with Crippen LogP contribution in [0.1, 0.15) is 5.69 Å². The van der Waals surface area contributed by atoms with Gasteiger partial charge in [0.1, 0.15) is 5.82 Å². The molecule has 0 saturated carbocycles. The standard InChI is InChI=1S/C12H15N3O2S/c1-17-4-3-13-7-10-6-11(16)15-12(14-10)9-2-5-18-8-9/h2,5-6,8,13H,3-4,7H2,1H3,(H,14,15,16). The lowest BCUT2D eigenvalue weighted by atomic mass is 10.3. The summed E-state index contributed by atoms with van der Waals surface area (Å²) in [6, 6.07) is 3.45. The highest BCUT2D eigenvalue weighted by Crippen LogP contribution is 2.16. The van der Waals surface area contributed by atoms with Crippen molar-refractivity contribution in [3.05, 3.63) is 38.9 Å². The largest absolute Gasteiger partial charge is 0.383 e. The van der Waals surface area contributed by atoms with Crippen molar-refractivity contribution in [1.82, 2.24) is 15.3 Å². The molecular formula is C12H15N3O2S. The third-order valence-corrected chi connectivity index (χ3v) is 3.06. The Labute approximate surface area is 109 Å². The van der Waals surface area contributed by atoms with E-state index >= 15 is 0 Å². The Kier molecular flexibility index (Phi) is 4.63. The summed E-state index contributed by atoms with van der Waals surface area (Å²) >= 11 is 1.58. The average molecular weight is 265 g/mol. The molecule has 18 heavy (non-hydrogen) atoms. The fourth-order valence-corrected chi connectivity index (χ4v) is 2.17. The molecule has 0 amide bonds. The van der Waals surface area contributed by atoms with Gasteiger partial charge in [0.15, 0.2) is 0 Å². The summed E-state index contributed by atoms with van der Waals surface area (Å²) in [4.78, 5) is 18.7. The van der Waals surface area contributed by atoms with Crippen LogP contribution in [0, 0.1) is 0 Å². The smallest absolute Gasteiger partial charge is 0.251 e. The van der Waals surface area contributed by atoms with Gasteiger partial charge in [-0.1, -0.05) is 0 Å². The predicted molar refractivity (Wildman–Crippen MR) is 71.8 cm³/mol. The first kappa shape index (κ1) is 12.9. The lowest BCUT2D eigenvalue weighted by Crippen LogP contribution is -2.21. The van der Waals surface area contributed by atoms with E-state index in [0.717, 1.165) is 17.8 Å². The number of hydrogen-bond acceptors (Lipinski definition) is 5. The summed E-state index contributed by atoms with van der Waals surface area (Å²) in [6.45, 7) is 1.93. The van der Waals surface area contributed by atoms with Crippen LogP contribution in [-0.2, 0) is 11.3 Å². The third kappa shape index (κ3) is 3.49. The van der Waals surface area contributed by atoms with Crippen LogP contribution in [0.25, 0.3) is 11.4 Å². The number of hydrogen-bond donors (Lipinski definition) is 2. The number of methoxy groups -OCH3 is 1. The first-order valence-electron chi connectivity index (χ1n) is 5.62. The fourth-order valence-electron chi connectivity index (χ4n) is 1.53. The maximum atomic E-state index is 11.6. The molecule has 0 saturated heterocycles. The van der Waals surface area contributed by atoms with E-state index in [1.54, 1.807) is 18.4 Å². The van der Waals surface area contributed by atoms with Crippen molar-refractivity contribution in [1.29, 1.82) is 0 Å². The summed E-state index contributed by atoms with van der Waals surface area (Å²) in [5.74, 6) is 0.618. The van der Waals surface area contributed by atoms with Gasteiger partial charge >= 0.3 is 0 Å². The Hall–Kier alpha value is -1.50. The van der Waals surface area contributed by atoms with Gasteiger partial charge in [-0.2, -0.15) is 11.3 Å². The van der Waals surface area contributed by atoms with Crippen LogP contribution in [0.4, 0.5) is 0 Å². The SMILES string of the molecule is COCCNCc1cc(=O)[nH]c(-c2ccsc2)n1. The molecule has 5 nitrogen and oxygen atoms in total. The first-order valence-corrected chi connectivity index (χ1v) is 6.56. The van der Waals surface area contributed by atoms with Gasteiger partial charge in [0.25, 0.3) is 5.56 Å². The van der Waals surface area contributed by atoms with Crippen LogP contribution in [-0.4, -0.2) is 30.2 Å².